The minimum absolute atomic E-state index is 0.317. The summed E-state index contributed by atoms with van der Waals surface area (Å²) in [5.41, 5.74) is 3.33. The van der Waals surface area contributed by atoms with E-state index in [-0.39, 0.29) is 0 Å². The normalized spacial score (nSPS) is 19.0. The fraction of sp³-hybridized carbons (Fsp3) is 0.455. The van der Waals surface area contributed by atoms with Gasteiger partial charge in [-0.15, -0.1) is 0 Å². The largest absolute Gasteiger partial charge is 0.492 e. The van der Waals surface area contributed by atoms with Crippen LogP contribution in [0.4, 0.5) is 21.8 Å². The first-order valence-electron chi connectivity index (χ1n) is 10.3. The first-order chi connectivity index (χ1) is 14.5. The standard InChI is InChI=1S/C22H28FN5O2/c1-4-15-11-18(24-2)27-22(25-15)26-17-10-14-6-8-30-21(14)19(20(17)23)13-5-7-28(3)12-16(29)9-13/h5,10-11,16,29H,4,6-9,12H2,1-3H3,(H2,24,25,26,27). The van der Waals surface area contributed by atoms with Gasteiger partial charge in [-0.3, -0.25) is 0 Å². The Kier molecular flexibility index (Phi) is 5.87. The molecule has 2 aromatic rings. The van der Waals surface area contributed by atoms with Crippen molar-refractivity contribution < 1.29 is 14.2 Å². The van der Waals surface area contributed by atoms with Gasteiger partial charge in [0, 0.05) is 50.3 Å². The van der Waals surface area contributed by atoms with Crippen molar-refractivity contribution in [1.82, 2.24) is 14.9 Å². The molecule has 1 aromatic carbocycles. The number of nitrogens with zero attached hydrogens (tertiary/aromatic N) is 3. The van der Waals surface area contributed by atoms with Crippen LogP contribution in [0.1, 0.15) is 30.2 Å². The molecule has 3 N–H and O–H groups in total. The molecule has 3 heterocycles. The quantitative estimate of drug-likeness (QED) is 0.695. The molecule has 0 bridgehead atoms. The third-order valence-electron chi connectivity index (χ3n) is 5.50. The van der Waals surface area contributed by atoms with Gasteiger partial charge in [0.25, 0.3) is 0 Å². The molecule has 4 rings (SSSR count). The summed E-state index contributed by atoms with van der Waals surface area (Å²) in [6.45, 7) is 3.73. The maximum Gasteiger partial charge on any atom is 0.229 e. The molecule has 0 amide bonds. The topological polar surface area (TPSA) is 82.5 Å². The lowest BCUT2D eigenvalue weighted by molar-refractivity contribution is 0.139. The van der Waals surface area contributed by atoms with E-state index in [0.29, 0.717) is 61.3 Å². The van der Waals surface area contributed by atoms with Crippen molar-refractivity contribution in [3.8, 4) is 5.75 Å². The van der Waals surface area contributed by atoms with Gasteiger partial charge in [0.05, 0.1) is 24.0 Å². The predicted octanol–water partition coefficient (Wildman–Crippen LogP) is 2.98. The van der Waals surface area contributed by atoms with E-state index in [1.807, 2.05) is 31.0 Å². The maximum absolute atomic E-state index is 15.8. The molecule has 160 valence electrons. The molecule has 0 aliphatic carbocycles. The molecule has 0 saturated carbocycles. The molecule has 7 nitrogen and oxygen atoms in total. The van der Waals surface area contributed by atoms with Crippen LogP contribution in [0, 0.1) is 5.82 Å². The van der Waals surface area contributed by atoms with E-state index in [9.17, 15) is 5.11 Å². The number of anilines is 3. The highest BCUT2D eigenvalue weighted by Crippen LogP contribution is 2.42. The monoisotopic (exact) mass is 413 g/mol. The van der Waals surface area contributed by atoms with E-state index in [1.54, 1.807) is 13.1 Å². The number of aromatic nitrogens is 2. The van der Waals surface area contributed by atoms with E-state index < -0.39 is 11.9 Å². The molecule has 1 atom stereocenters. The third-order valence-corrected chi connectivity index (χ3v) is 5.50. The fourth-order valence-corrected chi connectivity index (χ4v) is 3.98. The lowest BCUT2D eigenvalue weighted by Crippen LogP contribution is -2.27. The molecule has 0 radical (unpaired) electrons. The Morgan fingerprint density at radius 1 is 1.33 bits per heavy atom. The summed E-state index contributed by atoms with van der Waals surface area (Å²) in [5, 5.41) is 16.5. The summed E-state index contributed by atoms with van der Waals surface area (Å²) in [4.78, 5) is 10.9. The van der Waals surface area contributed by atoms with E-state index in [1.165, 1.54) is 0 Å². The van der Waals surface area contributed by atoms with Crippen molar-refractivity contribution in [2.75, 3.05) is 44.4 Å². The van der Waals surface area contributed by atoms with Crippen molar-refractivity contribution in [2.24, 2.45) is 0 Å². The number of likely N-dealkylation sites (N-methyl/N-ethyl adjacent to an activating group) is 1. The number of halogens is 1. The summed E-state index contributed by atoms with van der Waals surface area (Å²) < 4.78 is 21.6. The van der Waals surface area contributed by atoms with Gasteiger partial charge in [0.1, 0.15) is 11.6 Å². The Balaban J connectivity index is 1.77. The van der Waals surface area contributed by atoms with Crippen LogP contribution >= 0.6 is 0 Å². The highest BCUT2D eigenvalue weighted by atomic mass is 19.1. The smallest absolute Gasteiger partial charge is 0.229 e. The number of hydrogen-bond donors (Lipinski definition) is 3. The summed E-state index contributed by atoms with van der Waals surface area (Å²) in [7, 11) is 3.73. The van der Waals surface area contributed by atoms with Crippen LogP contribution in [0.25, 0.3) is 5.57 Å². The molecule has 30 heavy (non-hydrogen) atoms. The molecule has 2 aliphatic rings. The zero-order valence-corrected chi connectivity index (χ0v) is 17.6. The molecule has 8 heteroatoms. The number of benzene rings is 1. The minimum atomic E-state index is -0.556. The van der Waals surface area contributed by atoms with Gasteiger partial charge in [0.15, 0.2) is 5.82 Å². The highest BCUT2D eigenvalue weighted by molar-refractivity contribution is 5.78. The van der Waals surface area contributed by atoms with Crippen LogP contribution < -0.4 is 15.4 Å². The molecule has 1 aromatic heterocycles. The van der Waals surface area contributed by atoms with Crippen LogP contribution in [0.2, 0.25) is 0 Å². The van der Waals surface area contributed by atoms with Crippen LogP contribution in [0.3, 0.4) is 0 Å². The van der Waals surface area contributed by atoms with Crippen molar-refractivity contribution >= 4 is 23.0 Å². The Labute approximate surface area is 176 Å². The zero-order chi connectivity index (χ0) is 21.3. The van der Waals surface area contributed by atoms with Crippen molar-refractivity contribution in [3.05, 3.63) is 40.8 Å². The number of aliphatic hydroxyl groups excluding tert-OH is 1. The van der Waals surface area contributed by atoms with Crippen LogP contribution in [0.5, 0.6) is 5.75 Å². The summed E-state index contributed by atoms with van der Waals surface area (Å²) in [6, 6.07) is 3.65. The molecule has 1 unspecified atom stereocenters. The lowest BCUT2D eigenvalue weighted by Gasteiger charge is -2.18. The first kappa shape index (κ1) is 20.6. The fourth-order valence-electron chi connectivity index (χ4n) is 3.98. The van der Waals surface area contributed by atoms with Gasteiger partial charge in [0.2, 0.25) is 5.95 Å². The molecule has 2 aliphatic heterocycles. The van der Waals surface area contributed by atoms with Crippen LogP contribution in [-0.4, -0.2) is 59.9 Å². The SMILES string of the molecule is CCc1cc(NC)nc(Nc2cc3c(c(C4=CCN(C)CC(O)C4)c2F)OCC3)n1. The van der Waals surface area contributed by atoms with E-state index >= 15 is 4.39 Å². The average molecular weight is 413 g/mol. The molecular formula is C22H28FN5O2. The second-order valence-corrected chi connectivity index (χ2v) is 7.81. The number of nitrogens with one attached hydrogen (secondary N) is 2. The van der Waals surface area contributed by atoms with Gasteiger partial charge >= 0.3 is 0 Å². The Bertz CT molecular complexity index is 956. The van der Waals surface area contributed by atoms with E-state index in [0.717, 1.165) is 23.3 Å². The maximum atomic E-state index is 15.8. The van der Waals surface area contributed by atoms with Gasteiger partial charge in [-0.25, -0.2) is 9.37 Å². The number of aryl methyl sites for hydroxylation is 1. The van der Waals surface area contributed by atoms with Gasteiger partial charge in [-0.1, -0.05) is 13.0 Å². The second-order valence-electron chi connectivity index (χ2n) is 7.81. The Morgan fingerprint density at radius 3 is 2.93 bits per heavy atom. The zero-order valence-electron chi connectivity index (χ0n) is 17.6. The van der Waals surface area contributed by atoms with Gasteiger partial charge in [-0.2, -0.15) is 4.98 Å². The Morgan fingerprint density at radius 2 is 2.17 bits per heavy atom. The average Bonchev–Trinajstić information content (AvgIpc) is 3.12. The molecular weight excluding hydrogens is 385 g/mol. The van der Waals surface area contributed by atoms with Gasteiger partial charge in [-0.05, 0) is 25.1 Å². The highest BCUT2D eigenvalue weighted by Gasteiger charge is 2.28. The molecule has 0 spiro atoms. The number of aliphatic hydroxyl groups is 1. The van der Waals surface area contributed by atoms with Crippen LogP contribution in [-0.2, 0) is 12.8 Å². The first-order valence-corrected chi connectivity index (χ1v) is 10.3. The number of fused-ring (bicyclic) bond motifs is 1. The van der Waals surface area contributed by atoms with Crippen LogP contribution in [0.15, 0.2) is 18.2 Å². The summed E-state index contributed by atoms with van der Waals surface area (Å²) in [6.07, 6.45) is 3.26. The second kappa shape index (κ2) is 8.57. The Hall–Kier alpha value is -2.71. The third kappa shape index (κ3) is 4.11. The minimum Gasteiger partial charge on any atom is -0.492 e. The number of rotatable bonds is 5. The number of hydrogen-bond acceptors (Lipinski definition) is 7. The van der Waals surface area contributed by atoms with Crippen molar-refractivity contribution in [2.45, 2.75) is 32.3 Å². The van der Waals surface area contributed by atoms with Crippen molar-refractivity contribution in [1.29, 1.82) is 0 Å². The van der Waals surface area contributed by atoms with E-state index in [4.69, 9.17) is 4.74 Å². The summed E-state index contributed by atoms with van der Waals surface area (Å²) >= 11 is 0. The summed E-state index contributed by atoms with van der Waals surface area (Å²) in [5.74, 6) is 1.19. The molecule has 0 saturated heterocycles. The number of ether oxygens (including phenoxy) is 1. The van der Waals surface area contributed by atoms with Gasteiger partial charge < -0.3 is 25.4 Å². The number of β-amino-alcohol motifs (C(OH)–C–C–N with tert-alkyl or cyclic N) is 1. The predicted molar refractivity (Wildman–Crippen MR) is 116 cm³/mol. The van der Waals surface area contributed by atoms with E-state index in [2.05, 4.69) is 20.6 Å². The van der Waals surface area contributed by atoms with Crippen molar-refractivity contribution in [3.63, 3.8) is 0 Å². The lowest BCUT2D eigenvalue weighted by atomic mass is 9.95. The molecule has 0 fully saturated rings.